The number of nitrogens with one attached hydrogen (secondary N) is 1. The molecule has 0 aliphatic rings. The SMILES string of the molecule is CCCNC(=O)CCN(C(=O)c1cc(C)oc1C)[C@@H](C)CC. The third kappa shape index (κ3) is 4.90. The molecule has 1 aromatic heterocycles. The largest absolute Gasteiger partial charge is 0.466 e. The van der Waals surface area contributed by atoms with E-state index in [2.05, 4.69) is 5.32 Å². The average Bonchev–Trinajstić information content (AvgIpc) is 2.83. The minimum Gasteiger partial charge on any atom is -0.466 e. The molecule has 1 aromatic rings. The Labute approximate surface area is 133 Å². The van der Waals surface area contributed by atoms with Crippen molar-refractivity contribution in [2.24, 2.45) is 0 Å². The maximum atomic E-state index is 12.7. The molecule has 0 unspecified atom stereocenters. The van der Waals surface area contributed by atoms with Crippen LogP contribution in [0.25, 0.3) is 0 Å². The molecular weight excluding hydrogens is 280 g/mol. The van der Waals surface area contributed by atoms with E-state index in [4.69, 9.17) is 4.42 Å². The number of rotatable bonds is 8. The lowest BCUT2D eigenvalue weighted by Gasteiger charge is -2.28. The number of furan rings is 1. The van der Waals surface area contributed by atoms with Gasteiger partial charge in [-0.3, -0.25) is 9.59 Å². The summed E-state index contributed by atoms with van der Waals surface area (Å²) in [5, 5.41) is 2.84. The molecule has 1 heterocycles. The second kappa shape index (κ2) is 8.61. The van der Waals surface area contributed by atoms with Crippen LogP contribution in [0.2, 0.25) is 0 Å². The Balaban J connectivity index is 2.78. The summed E-state index contributed by atoms with van der Waals surface area (Å²) in [5.41, 5.74) is 0.590. The molecule has 0 radical (unpaired) electrons. The fourth-order valence-corrected chi connectivity index (χ4v) is 2.32. The monoisotopic (exact) mass is 308 g/mol. The predicted octanol–water partition coefficient (Wildman–Crippen LogP) is 3.05. The maximum Gasteiger partial charge on any atom is 0.257 e. The van der Waals surface area contributed by atoms with Crippen LogP contribution in [-0.2, 0) is 4.79 Å². The molecule has 0 saturated heterocycles. The van der Waals surface area contributed by atoms with Crippen molar-refractivity contribution in [2.75, 3.05) is 13.1 Å². The minimum atomic E-state index is -0.0630. The smallest absolute Gasteiger partial charge is 0.257 e. The van der Waals surface area contributed by atoms with Gasteiger partial charge in [-0.05, 0) is 39.7 Å². The van der Waals surface area contributed by atoms with Gasteiger partial charge in [0.2, 0.25) is 5.91 Å². The number of nitrogens with zero attached hydrogens (tertiary/aromatic N) is 1. The van der Waals surface area contributed by atoms with E-state index in [1.807, 2.05) is 27.7 Å². The van der Waals surface area contributed by atoms with Gasteiger partial charge in [0.05, 0.1) is 5.56 Å². The number of hydrogen-bond donors (Lipinski definition) is 1. The van der Waals surface area contributed by atoms with Gasteiger partial charge < -0.3 is 14.6 Å². The zero-order chi connectivity index (χ0) is 16.7. The molecule has 0 fully saturated rings. The Morgan fingerprint density at radius 1 is 1.32 bits per heavy atom. The first-order valence-corrected chi connectivity index (χ1v) is 8.05. The summed E-state index contributed by atoms with van der Waals surface area (Å²) < 4.78 is 5.45. The lowest BCUT2D eigenvalue weighted by molar-refractivity contribution is -0.121. The summed E-state index contributed by atoms with van der Waals surface area (Å²) in [4.78, 5) is 26.3. The van der Waals surface area contributed by atoms with Crippen LogP contribution < -0.4 is 5.32 Å². The summed E-state index contributed by atoms with van der Waals surface area (Å²) >= 11 is 0. The summed E-state index contributed by atoms with van der Waals surface area (Å²) in [6.07, 6.45) is 2.08. The van der Waals surface area contributed by atoms with E-state index in [9.17, 15) is 9.59 Å². The van der Waals surface area contributed by atoms with E-state index in [0.29, 0.717) is 30.8 Å². The van der Waals surface area contributed by atoms with Crippen molar-refractivity contribution < 1.29 is 14.0 Å². The highest BCUT2D eigenvalue weighted by atomic mass is 16.3. The molecule has 0 aliphatic heterocycles. The molecular formula is C17H28N2O3. The lowest BCUT2D eigenvalue weighted by Crippen LogP contribution is -2.41. The van der Waals surface area contributed by atoms with Crippen molar-refractivity contribution >= 4 is 11.8 Å². The van der Waals surface area contributed by atoms with Crippen molar-refractivity contribution in [3.8, 4) is 0 Å². The zero-order valence-corrected chi connectivity index (χ0v) is 14.4. The Hall–Kier alpha value is -1.78. The van der Waals surface area contributed by atoms with E-state index < -0.39 is 0 Å². The highest BCUT2D eigenvalue weighted by Gasteiger charge is 2.24. The zero-order valence-electron chi connectivity index (χ0n) is 14.4. The Morgan fingerprint density at radius 2 is 2.00 bits per heavy atom. The molecule has 0 aromatic carbocycles. The fraction of sp³-hybridized carbons (Fsp3) is 0.647. The third-order valence-electron chi connectivity index (χ3n) is 3.81. The molecule has 0 aliphatic carbocycles. The van der Waals surface area contributed by atoms with Gasteiger partial charge in [0.25, 0.3) is 5.91 Å². The predicted molar refractivity (Wildman–Crippen MR) is 86.9 cm³/mol. The van der Waals surface area contributed by atoms with Crippen molar-refractivity contribution in [1.82, 2.24) is 10.2 Å². The first-order chi connectivity index (χ1) is 10.4. The Bertz CT molecular complexity index is 508. The molecule has 22 heavy (non-hydrogen) atoms. The Morgan fingerprint density at radius 3 is 2.50 bits per heavy atom. The van der Waals surface area contributed by atoms with E-state index in [1.54, 1.807) is 17.9 Å². The molecule has 1 N–H and O–H groups in total. The molecule has 5 heteroatoms. The van der Waals surface area contributed by atoms with E-state index in [1.165, 1.54) is 0 Å². The highest BCUT2D eigenvalue weighted by molar-refractivity contribution is 5.95. The number of aryl methyl sites for hydroxylation is 2. The second-order valence-corrected chi connectivity index (χ2v) is 5.68. The number of carbonyl (C=O) groups excluding carboxylic acids is 2. The molecule has 0 saturated carbocycles. The lowest BCUT2D eigenvalue weighted by atomic mass is 10.1. The van der Waals surface area contributed by atoms with Gasteiger partial charge in [-0.1, -0.05) is 13.8 Å². The van der Waals surface area contributed by atoms with Crippen molar-refractivity contribution in [3.05, 3.63) is 23.2 Å². The summed E-state index contributed by atoms with van der Waals surface area (Å²) in [6.45, 7) is 10.8. The first kappa shape index (κ1) is 18.3. The van der Waals surface area contributed by atoms with Crippen LogP contribution in [0.4, 0.5) is 0 Å². The van der Waals surface area contributed by atoms with Gasteiger partial charge >= 0.3 is 0 Å². The van der Waals surface area contributed by atoms with E-state index in [-0.39, 0.29) is 17.9 Å². The standard InChI is InChI=1S/C17H28N2O3/c1-6-9-18-16(20)8-10-19(12(3)7-2)17(21)15-11-13(4)22-14(15)5/h11-12H,6-10H2,1-5H3,(H,18,20)/t12-/m0/s1. The van der Waals surface area contributed by atoms with Gasteiger partial charge in [-0.25, -0.2) is 0 Å². The van der Waals surface area contributed by atoms with E-state index in [0.717, 1.165) is 18.6 Å². The van der Waals surface area contributed by atoms with Crippen LogP contribution in [0.1, 0.15) is 61.9 Å². The molecule has 0 spiro atoms. The summed E-state index contributed by atoms with van der Waals surface area (Å²) in [5.74, 6) is 1.28. The number of hydrogen-bond acceptors (Lipinski definition) is 3. The van der Waals surface area contributed by atoms with Gasteiger partial charge in [-0.2, -0.15) is 0 Å². The van der Waals surface area contributed by atoms with Crippen LogP contribution in [0.3, 0.4) is 0 Å². The van der Waals surface area contributed by atoms with E-state index >= 15 is 0 Å². The molecule has 2 amide bonds. The number of amides is 2. The van der Waals surface area contributed by atoms with Gasteiger partial charge in [0, 0.05) is 25.6 Å². The first-order valence-electron chi connectivity index (χ1n) is 8.05. The van der Waals surface area contributed by atoms with Crippen molar-refractivity contribution in [1.29, 1.82) is 0 Å². The summed E-state index contributed by atoms with van der Waals surface area (Å²) in [6, 6.07) is 1.85. The maximum absolute atomic E-state index is 12.7. The second-order valence-electron chi connectivity index (χ2n) is 5.68. The molecule has 124 valence electrons. The molecule has 1 atom stereocenters. The van der Waals surface area contributed by atoms with Gasteiger partial charge in [0.15, 0.2) is 0 Å². The minimum absolute atomic E-state index is 0.0111. The quantitative estimate of drug-likeness (QED) is 0.803. The topological polar surface area (TPSA) is 62.6 Å². The molecule has 5 nitrogen and oxygen atoms in total. The van der Waals surface area contributed by atoms with Gasteiger partial charge in [0.1, 0.15) is 11.5 Å². The Kier molecular flexibility index (Phi) is 7.15. The van der Waals surface area contributed by atoms with Crippen LogP contribution in [-0.4, -0.2) is 35.8 Å². The fourth-order valence-electron chi connectivity index (χ4n) is 2.32. The van der Waals surface area contributed by atoms with Crippen LogP contribution in [0.5, 0.6) is 0 Å². The van der Waals surface area contributed by atoms with Crippen LogP contribution in [0.15, 0.2) is 10.5 Å². The van der Waals surface area contributed by atoms with Crippen LogP contribution >= 0.6 is 0 Å². The highest BCUT2D eigenvalue weighted by Crippen LogP contribution is 2.18. The third-order valence-corrected chi connectivity index (χ3v) is 3.81. The normalized spacial score (nSPS) is 12.0. The van der Waals surface area contributed by atoms with Crippen LogP contribution in [0, 0.1) is 13.8 Å². The molecule has 0 bridgehead atoms. The van der Waals surface area contributed by atoms with Gasteiger partial charge in [-0.15, -0.1) is 0 Å². The van der Waals surface area contributed by atoms with Crippen molar-refractivity contribution in [3.63, 3.8) is 0 Å². The molecule has 1 rings (SSSR count). The number of carbonyl (C=O) groups is 2. The average molecular weight is 308 g/mol. The van der Waals surface area contributed by atoms with Crippen molar-refractivity contribution in [2.45, 2.75) is 59.9 Å². The summed E-state index contributed by atoms with van der Waals surface area (Å²) in [7, 11) is 0.